The average Bonchev–Trinajstić information content (AvgIpc) is 2.76. The smallest absolute Gasteiger partial charge is 0.359 e. The SMILES string of the molecule is COc1ccc(S(=O)(=O)NC2(P(=O)(OC)OC)C=C(Br)C(=O)c3ccccc32)cc1. The molecule has 30 heavy (non-hydrogen) atoms. The first kappa shape index (κ1) is 22.9. The van der Waals surface area contributed by atoms with Crippen LogP contribution in [0, 0.1) is 0 Å². The zero-order chi connectivity index (χ0) is 22.2. The molecule has 1 aliphatic rings. The fourth-order valence-electron chi connectivity index (χ4n) is 3.22. The lowest BCUT2D eigenvalue weighted by atomic mass is 9.92. The fourth-order valence-corrected chi connectivity index (χ4v) is 7.45. The average molecular weight is 516 g/mol. The van der Waals surface area contributed by atoms with Crippen LogP contribution in [0.15, 0.2) is 64.0 Å². The Labute approximate surface area is 182 Å². The van der Waals surface area contributed by atoms with Gasteiger partial charge in [0.15, 0.2) is 11.1 Å². The van der Waals surface area contributed by atoms with E-state index >= 15 is 0 Å². The van der Waals surface area contributed by atoms with Crippen LogP contribution in [-0.2, 0) is 28.9 Å². The molecule has 8 nitrogen and oxygen atoms in total. The van der Waals surface area contributed by atoms with E-state index in [0.717, 1.165) is 14.2 Å². The molecule has 0 amide bonds. The van der Waals surface area contributed by atoms with Gasteiger partial charge in [-0.05, 0) is 46.3 Å². The van der Waals surface area contributed by atoms with E-state index in [-0.39, 0.29) is 26.3 Å². The van der Waals surface area contributed by atoms with Crippen LogP contribution in [0.1, 0.15) is 15.9 Å². The number of ether oxygens (including phenoxy) is 1. The molecule has 160 valence electrons. The first-order valence-electron chi connectivity index (χ1n) is 8.56. The minimum atomic E-state index is -4.24. The number of hydrogen-bond acceptors (Lipinski definition) is 7. The molecule has 0 bridgehead atoms. The van der Waals surface area contributed by atoms with E-state index in [1.165, 1.54) is 49.6 Å². The largest absolute Gasteiger partial charge is 0.497 e. The van der Waals surface area contributed by atoms with Crippen molar-refractivity contribution in [3.63, 3.8) is 0 Å². The second kappa shape index (κ2) is 8.37. The Morgan fingerprint density at radius 3 is 2.17 bits per heavy atom. The number of sulfonamides is 1. The highest BCUT2D eigenvalue weighted by Crippen LogP contribution is 2.65. The van der Waals surface area contributed by atoms with Crippen LogP contribution in [0.4, 0.5) is 0 Å². The summed E-state index contributed by atoms with van der Waals surface area (Å²) in [4.78, 5) is 12.5. The van der Waals surface area contributed by atoms with Crippen LogP contribution in [0.2, 0.25) is 0 Å². The summed E-state index contributed by atoms with van der Waals surface area (Å²) in [6.45, 7) is 0. The lowest BCUT2D eigenvalue weighted by Crippen LogP contribution is -2.47. The van der Waals surface area contributed by atoms with Crippen molar-refractivity contribution in [1.29, 1.82) is 0 Å². The summed E-state index contributed by atoms with van der Waals surface area (Å²) >= 11 is 3.16. The molecule has 0 aromatic heterocycles. The minimum Gasteiger partial charge on any atom is -0.497 e. The van der Waals surface area contributed by atoms with Crippen LogP contribution < -0.4 is 9.46 Å². The first-order chi connectivity index (χ1) is 14.1. The predicted molar refractivity (Wildman–Crippen MR) is 114 cm³/mol. The van der Waals surface area contributed by atoms with Gasteiger partial charge in [0, 0.05) is 25.3 Å². The second-order valence-corrected chi connectivity index (χ2v) is 11.2. The molecule has 0 heterocycles. The van der Waals surface area contributed by atoms with Gasteiger partial charge < -0.3 is 13.8 Å². The number of halogens is 1. The number of Topliss-reactive ketones (excluding diaryl/α,β-unsaturated/α-hetero) is 1. The minimum absolute atomic E-state index is 0.0213. The molecule has 0 radical (unpaired) electrons. The Morgan fingerprint density at radius 2 is 1.60 bits per heavy atom. The lowest BCUT2D eigenvalue weighted by molar-refractivity contribution is 0.103. The number of rotatable bonds is 7. The monoisotopic (exact) mass is 515 g/mol. The molecule has 0 saturated carbocycles. The normalized spacial score (nSPS) is 19.2. The number of ketones is 1. The van der Waals surface area contributed by atoms with Gasteiger partial charge in [0.25, 0.3) is 0 Å². The Hall–Kier alpha value is -1.81. The molecule has 1 atom stereocenters. The molecule has 0 fully saturated rings. The Morgan fingerprint density at radius 1 is 1.00 bits per heavy atom. The van der Waals surface area contributed by atoms with Gasteiger partial charge in [-0.3, -0.25) is 9.36 Å². The maximum absolute atomic E-state index is 13.7. The molecule has 0 spiro atoms. The van der Waals surface area contributed by atoms with E-state index in [1.807, 2.05) is 0 Å². The maximum Gasteiger partial charge on any atom is 0.359 e. The summed E-state index contributed by atoms with van der Waals surface area (Å²) in [5.74, 6) is 0.0861. The third-order valence-corrected chi connectivity index (χ3v) is 9.24. The van der Waals surface area contributed by atoms with Gasteiger partial charge in [0.05, 0.1) is 16.5 Å². The third-order valence-electron chi connectivity index (χ3n) is 4.71. The second-order valence-electron chi connectivity index (χ2n) is 6.28. The van der Waals surface area contributed by atoms with E-state index in [1.54, 1.807) is 12.1 Å². The summed E-state index contributed by atoms with van der Waals surface area (Å²) < 4.78 is 58.2. The quantitative estimate of drug-likeness (QED) is 0.558. The molecule has 0 aliphatic heterocycles. The standard InChI is InChI=1S/C19H19BrNO7PS/c1-26-13-8-10-14(11-9-13)30(24,25)21-19(29(23,27-2)28-3)12-17(20)18(22)15-6-4-5-7-16(15)19/h4-12,21H,1-3H3. The van der Waals surface area contributed by atoms with E-state index in [9.17, 15) is 17.8 Å². The topological polar surface area (TPSA) is 108 Å². The van der Waals surface area contributed by atoms with Crippen molar-refractivity contribution in [3.05, 3.63) is 70.2 Å². The van der Waals surface area contributed by atoms with E-state index in [0.29, 0.717) is 5.75 Å². The molecular formula is C19H19BrNO7PS. The maximum atomic E-state index is 13.7. The van der Waals surface area contributed by atoms with Crippen molar-refractivity contribution in [1.82, 2.24) is 4.72 Å². The van der Waals surface area contributed by atoms with Crippen molar-refractivity contribution in [2.45, 2.75) is 10.2 Å². The van der Waals surface area contributed by atoms with E-state index in [2.05, 4.69) is 20.7 Å². The van der Waals surface area contributed by atoms with Crippen LogP contribution in [-0.4, -0.2) is 35.5 Å². The summed E-state index contributed by atoms with van der Waals surface area (Å²) in [7, 11) is -4.68. The van der Waals surface area contributed by atoms with E-state index < -0.39 is 22.9 Å². The van der Waals surface area contributed by atoms with E-state index in [4.69, 9.17) is 13.8 Å². The van der Waals surface area contributed by atoms with Crippen molar-refractivity contribution >= 4 is 39.3 Å². The van der Waals surface area contributed by atoms with Gasteiger partial charge in [0.1, 0.15) is 5.75 Å². The number of carbonyl (C=O) groups is 1. The van der Waals surface area contributed by atoms with Gasteiger partial charge in [-0.25, -0.2) is 8.42 Å². The Bertz CT molecular complexity index is 1160. The molecular weight excluding hydrogens is 497 g/mol. The summed E-state index contributed by atoms with van der Waals surface area (Å²) in [5.41, 5.74) is 0.320. The van der Waals surface area contributed by atoms with Crippen molar-refractivity contribution in [2.75, 3.05) is 21.3 Å². The van der Waals surface area contributed by atoms with Crippen molar-refractivity contribution < 1.29 is 31.6 Å². The highest BCUT2D eigenvalue weighted by Gasteiger charge is 2.56. The Kier molecular flexibility index (Phi) is 6.38. The van der Waals surface area contributed by atoms with Crippen molar-refractivity contribution in [3.8, 4) is 5.75 Å². The number of allylic oxidation sites excluding steroid dienone is 1. The number of hydrogen-bond donors (Lipinski definition) is 1. The van der Waals surface area contributed by atoms with Crippen LogP contribution in [0.3, 0.4) is 0 Å². The molecule has 11 heteroatoms. The number of fused-ring (bicyclic) bond motifs is 1. The number of methoxy groups -OCH3 is 1. The lowest BCUT2D eigenvalue weighted by Gasteiger charge is -2.39. The molecule has 0 saturated heterocycles. The number of carbonyl (C=O) groups excluding carboxylic acids is 1. The number of nitrogens with one attached hydrogen (secondary N) is 1. The van der Waals surface area contributed by atoms with Crippen molar-refractivity contribution in [2.24, 2.45) is 0 Å². The summed E-state index contributed by atoms with van der Waals surface area (Å²) in [5, 5.41) is -1.99. The molecule has 2 aromatic rings. The van der Waals surface area contributed by atoms with Gasteiger partial charge in [0.2, 0.25) is 10.0 Å². The van der Waals surface area contributed by atoms with Gasteiger partial charge in [-0.2, -0.15) is 4.72 Å². The highest BCUT2D eigenvalue weighted by atomic mass is 79.9. The zero-order valence-corrected chi connectivity index (χ0v) is 19.6. The molecule has 1 N–H and O–H groups in total. The van der Waals surface area contributed by atoms with Crippen LogP contribution >= 0.6 is 23.5 Å². The highest BCUT2D eigenvalue weighted by molar-refractivity contribution is 9.12. The van der Waals surface area contributed by atoms with Gasteiger partial charge in [-0.1, -0.05) is 24.3 Å². The third kappa shape index (κ3) is 3.68. The molecule has 1 aliphatic carbocycles. The fraction of sp³-hybridized carbons (Fsp3) is 0.211. The predicted octanol–water partition coefficient (Wildman–Crippen LogP) is 3.79. The molecule has 1 unspecified atom stereocenters. The molecule has 2 aromatic carbocycles. The van der Waals surface area contributed by atoms with Crippen LogP contribution in [0.25, 0.3) is 0 Å². The van der Waals surface area contributed by atoms with Gasteiger partial charge >= 0.3 is 7.60 Å². The number of benzene rings is 2. The summed E-state index contributed by atoms with van der Waals surface area (Å²) in [6.07, 6.45) is 1.21. The van der Waals surface area contributed by atoms with Crippen LogP contribution in [0.5, 0.6) is 5.75 Å². The molecule has 3 rings (SSSR count). The van der Waals surface area contributed by atoms with Gasteiger partial charge in [-0.15, -0.1) is 0 Å². The Balaban J connectivity index is 2.27. The summed E-state index contributed by atoms with van der Waals surface area (Å²) in [6, 6.07) is 11.9. The first-order valence-corrected chi connectivity index (χ1v) is 12.4. The zero-order valence-electron chi connectivity index (χ0n) is 16.3.